The molecule has 0 bridgehead atoms. The summed E-state index contributed by atoms with van der Waals surface area (Å²) in [4.78, 5) is 24.4. The van der Waals surface area contributed by atoms with E-state index in [-0.39, 0.29) is 18.1 Å². The molecule has 1 aliphatic carbocycles. The molecule has 1 fully saturated rings. The fourth-order valence-electron chi connectivity index (χ4n) is 2.61. The summed E-state index contributed by atoms with van der Waals surface area (Å²) >= 11 is 0. The molecule has 6 heteroatoms. The van der Waals surface area contributed by atoms with Gasteiger partial charge in [-0.15, -0.1) is 0 Å². The molecule has 0 heterocycles. The first-order chi connectivity index (χ1) is 10.0. The number of carbonyl (C=O) groups excluding carboxylic acids is 1. The van der Waals surface area contributed by atoms with Crippen molar-refractivity contribution in [3.8, 4) is 0 Å². The van der Waals surface area contributed by atoms with E-state index in [9.17, 15) is 14.9 Å². The molecule has 21 heavy (non-hydrogen) atoms. The van der Waals surface area contributed by atoms with E-state index in [0.29, 0.717) is 24.6 Å². The zero-order valence-electron chi connectivity index (χ0n) is 12.1. The normalized spacial score (nSPS) is 14.6. The number of nitro benzene ring substituents is 1. The van der Waals surface area contributed by atoms with Gasteiger partial charge in [0.15, 0.2) is 5.78 Å². The van der Waals surface area contributed by atoms with E-state index < -0.39 is 4.92 Å². The van der Waals surface area contributed by atoms with Gasteiger partial charge in [-0.05, 0) is 38.7 Å². The molecule has 0 aliphatic heterocycles. The maximum absolute atomic E-state index is 11.8. The molecule has 1 saturated carbocycles. The first-order valence-corrected chi connectivity index (χ1v) is 7.21. The zero-order chi connectivity index (χ0) is 15.4. The number of hydrogen-bond acceptors (Lipinski definition) is 5. The van der Waals surface area contributed by atoms with Crippen LogP contribution < -0.4 is 4.90 Å². The maximum Gasteiger partial charge on any atom is 0.270 e. The van der Waals surface area contributed by atoms with Gasteiger partial charge >= 0.3 is 0 Å². The van der Waals surface area contributed by atoms with Gasteiger partial charge in [0.05, 0.1) is 4.92 Å². The van der Waals surface area contributed by atoms with Crippen molar-refractivity contribution in [3.63, 3.8) is 0 Å². The topological polar surface area (TPSA) is 83.7 Å². The summed E-state index contributed by atoms with van der Waals surface area (Å²) in [6.07, 6.45) is 3.88. The molecule has 0 spiro atoms. The Hall–Kier alpha value is -1.95. The van der Waals surface area contributed by atoms with E-state index in [4.69, 9.17) is 5.11 Å². The Kier molecular flexibility index (Phi) is 4.90. The third-order valence-corrected chi connectivity index (χ3v) is 3.95. The van der Waals surface area contributed by atoms with Gasteiger partial charge in [0.1, 0.15) is 0 Å². The molecular weight excluding hydrogens is 272 g/mol. The van der Waals surface area contributed by atoms with Crippen LogP contribution in [0.25, 0.3) is 0 Å². The molecule has 0 radical (unpaired) electrons. The first-order valence-electron chi connectivity index (χ1n) is 7.21. The van der Waals surface area contributed by atoms with E-state index in [1.54, 1.807) is 6.07 Å². The number of aliphatic hydroxyl groups excluding tert-OH is 1. The van der Waals surface area contributed by atoms with Crippen molar-refractivity contribution < 1.29 is 14.8 Å². The van der Waals surface area contributed by atoms with Crippen LogP contribution in [0.15, 0.2) is 18.2 Å². The monoisotopic (exact) mass is 292 g/mol. The minimum absolute atomic E-state index is 0.0698. The number of Topliss-reactive ketones (excluding diaryl/α,β-unsaturated/α-hetero) is 1. The number of carbonyl (C=O) groups is 1. The highest BCUT2D eigenvalue weighted by Gasteiger charge is 2.28. The largest absolute Gasteiger partial charge is 0.396 e. The molecule has 1 aliphatic rings. The number of nitrogens with zero attached hydrogens (tertiary/aromatic N) is 2. The van der Waals surface area contributed by atoms with Gasteiger partial charge < -0.3 is 10.0 Å². The molecule has 1 N–H and O–H groups in total. The lowest BCUT2D eigenvalue weighted by Crippen LogP contribution is -2.41. The number of rotatable bonds is 7. The highest BCUT2D eigenvalue weighted by atomic mass is 16.6. The van der Waals surface area contributed by atoms with Crippen LogP contribution in [-0.2, 0) is 0 Å². The molecule has 1 aromatic rings. The van der Waals surface area contributed by atoms with Gasteiger partial charge in [0.25, 0.3) is 5.69 Å². The third-order valence-electron chi connectivity index (χ3n) is 3.95. The summed E-state index contributed by atoms with van der Waals surface area (Å²) in [5.41, 5.74) is 1.06. The summed E-state index contributed by atoms with van der Waals surface area (Å²) in [5, 5.41) is 19.9. The van der Waals surface area contributed by atoms with Crippen molar-refractivity contribution in [2.24, 2.45) is 0 Å². The van der Waals surface area contributed by atoms with Gasteiger partial charge in [-0.2, -0.15) is 0 Å². The van der Waals surface area contributed by atoms with Crippen molar-refractivity contribution in [2.75, 3.05) is 18.1 Å². The second-order valence-electron chi connectivity index (χ2n) is 5.37. The number of ketones is 1. The number of non-ortho nitro benzene ring substituents is 1. The number of benzene rings is 1. The lowest BCUT2D eigenvalue weighted by atomic mass is 9.90. The minimum atomic E-state index is -0.488. The van der Waals surface area contributed by atoms with Crippen LogP contribution in [0.5, 0.6) is 0 Å². The zero-order valence-corrected chi connectivity index (χ0v) is 12.1. The third kappa shape index (κ3) is 3.39. The Morgan fingerprint density at radius 1 is 1.48 bits per heavy atom. The predicted molar refractivity (Wildman–Crippen MR) is 79.8 cm³/mol. The molecule has 1 aromatic carbocycles. The average molecular weight is 292 g/mol. The SMILES string of the molecule is CC(=O)c1cc([N+](=O)[O-])ccc1N(CCCO)C1CCC1. The van der Waals surface area contributed by atoms with E-state index in [0.717, 1.165) is 24.9 Å². The van der Waals surface area contributed by atoms with Crippen LogP contribution >= 0.6 is 0 Å². The Balaban J connectivity index is 2.38. The molecule has 114 valence electrons. The highest BCUT2D eigenvalue weighted by molar-refractivity contribution is 6.00. The Bertz CT molecular complexity index is 540. The molecule has 6 nitrogen and oxygen atoms in total. The molecule has 0 atom stereocenters. The number of aliphatic hydroxyl groups is 1. The highest BCUT2D eigenvalue weighted by Crippen LogP contribution is 2.33. The second kappa shape index (κ2) is 6.67. The van der Waals surface area contributed by atoms with Crippen LogP contribution in [0.3, 0.4) is 0 Å². The summed E-state index contributed by atoms with van der Waals surface area (Å²) in [5.74, 6) is -0.179. The molecular formula is C15H20N2O4. The van der Waals surface area contributed by atoms with Gasteiger partial charge in [0, 0.05) is 42.6 Å². The van der Waals surface area contributed by atoms with Crippen LogP contribution in [0.2, 0.25) is 0 Å². The van der Waals surface area contributed by atoms with Crippen LogP contribution in [-0.4, -0.2) is 35.0 Å². The summed E-state index contributed by atoms with van der Waals surface area (Å²) in [6.45, 7) is 2.17. The molecule has 0 amide bonds. The Morgan fingerprint density at radius 3 is 2.67 bits per heavy atom. The van der Waals surface area contributed by atoms with Crippen LogP contribution in [0.1, 0.15) is 43.0 Å². The Labute approximate surface area is 123 Å². The van der Waals surface area contributed by atoms with E-state index in [1.807, 2.05) is 0 Å². The van der Waals surface area contributed by atoms with Gasteiger partial charge in [-0.3, -0.25) is 14.9 Å². The number of anilines is 1. The number of nitro groups is 1. The van der Waals surface area contributed by atoms with Crippen LogP contribution in [0, 0.1) is 10.1 Å². The number of hydrogen-bond donors (Lipinski definition) is 1. The molecule has 0 saturated heterocycles. The van der Waals surface area contributed by atoms with E-state index >= 15 is 0 Å². The van der Waals surface area contributed by atoms with E-state index in [2.05, 4.69) is 4.90 Å². The second-order valence-corrected chi connectivity index (χ2v) is 5.37. The molecule has 2 rings (SSSR count). The van der Waals surface area contributed by atoms with E-state index in [1.165, 1.54) is 19.1 Å². The standard InChI is InChI=1S/C15H20N2O4/c1-11(19)14-10-13(17(20)21)6-7-15(14)16(8-3-9-18)12-4-2-5-12/h6-7,10,12,18H,2-5,8-9H2,1H3. The van der Waals surface area contributed by atoms with Crippen molar-refractivity contribution in [1.29, 1.82) is 0 Å². The van der Waals surface area contributed by atoms with Crippen LogP contribution in [0.4, 0.5) is 11.4 Å². The fraction of sp³-hybridized carbons (Fsp3) is 0.533. The first kappa shape index (κ1) is 15.4. The van der Waals surface area contributed by atoms with Crippen molar-refractivity contribution in [3.05, 3.63) is 33.9 Å². The lowest BCUT2D eigenvalue weighted by molar-refractivity contribution is -0.384. The van der Waals surface area contributed by atoms with Gasteiger partial charge in [-0.1, -0.05) is 0 Å². The Morgan fingerprint density at radius 2 is 2.19 bits per heavy atom. The smallest absolute Gasteiger partial charge is 0.270 e. The summed E-state index contributed by atoms with van der Waals surface area (Å²) < 4.78 is 0. The lowest BCUT2D eigenvalue weighted by Gasteiger charge is -2.40. The summed E-state index contributed by atoms with van der Waals surface area (Å²) in [7, 11) is 0. The summed E-state index contributed by atoms with van der Waals surface area (Å²) in [6, 6.07) is 4.80. The van der Waals surface area contributed by atoms with Gasteiger partial charge in [0.2, 0.25) is 0 Å². The minimum Gasteiger partial charge on any atom is -0.396 e. The quantitative estimate of drug-likeness (QED) is 0.474. The maximum atomic E-state index is 11.8. The van der Waals surface area contributed by atoms with Crippen molar-refractivity contribution in [1.82, 2.24) is 0 Å². The van der Waals surface area contributed by atoms with Crippen molar-refractivity contribution in [2.45, 2.75) is 38.6 Å². The molecule has 0 unspecified atom stereocenters. The van der Waals surface area contributed by atoms with Gasteiger partial charge in [-0.25, -0.2) is 0 Å². The fourth-order valence-corrected chi connectivity index (χ4v) is 2.61. The molecule has 0 aromatic heterocycles. The predicted octanol–water partition coefficient (Wildman–Crippen LogP) is 2.54. The van der Waals surface area contributed by atoms with Crippen molar-refractivity contribution >= 4 is 17.2 Å². The average Bonchev–Trinajstić information content (AvgIpc) is 2.40.